The van der Waals surface area contributed by atoms with Gasteiger partial charge in [0, 0.05) is 36.4 Å². The van der Waals surface area contributed by atoms with Gasteiger partial charge in [0.15, 0.2) is 5.15 Å². The minimum absolute atomic E-state index is 0.275. The molecule has 5 nitrogen and oxygen atoms in total. The molecular formula is C24H20ClFN4O. The van der Waals surface area contributed by atoms with Crippen molar-refractivity contribution in [1.82, 2.24) is 19.7 Å². The molecule has 0 aliphatic carbocycles. The molecule has 0 bridgehead atoms. The fourth-order valence-electron chi connectivity index (χ4n) is 3.91. The van der Waals surface area contributed by atoms with E-state index in [-0.39, 0.29) is 5.82 Å². The van der Waals surface area contributed by atoms with E-state index >= 15 is 0 Å². The second kappa shape index (κ2) is 8.12. The first-order valence-corrected chi connectivity index (χ1v) is 10.7. The highest BCUT2D eigenvalue weighted by Crippen LogP contribution is 2.30. The molecular weight excluding hydrogens is 415 g/mol. The molecule has 5 rings (SSSR count). The number of hydrogen-bond acceptors (Lipinski definition) is 4. The zero-order valence-electron chi connectivity index (χ0n) is 17.0. The van der Waals surface area contributed by atoms with Crippen LogP contribution in [0.2, 0.25) is 5.15 Å². The van der Waals surface area contributed by atoms with Crippen LogP contribution in [0.15, 0.2) is 59.1 Å². The minimum atomic E-state index is -0.275. The van der Waals surface area contributed by atoms with Crippen molar-refractivity contribution in [1.29, 1.82) is 0 Å². The van der Waals surface area contributed by atoms with Gasteiger partial charge in [0.2, 0.25) is 0 Å². The molecule has 156 valence electrons. The molecule has 0 spiro atoms. The van der Waals surface area contributed by atoms with E-state index in [4.69, 9.17) is 21.1 Å². The van der Waals surface area contributed by atoms with E-state index in [0.29, 0.717) is 23.8 Å². The Labute approximate surface area is 183 Å². The van der Waals surface area contributed by atoms with Gasteiger partial charge in [-0.05, 0) is 36.8 Å². The molecule has 0 unspecified atom stereocenters. The molecule has 3 aromatic heterocycles. The van der Waals surface area contributed by atoms with E-state index < -0.39 is 0 Å². The standard InChI is InChI=1S/C24H20ClFN4O/c1-2-5-21-28-22-23(18-6-3-4-7-19(18)27-24(22)25)30(21)13-12-17-14-20(29-31-17)15-8-10-16(26)11-9-15/h3-4,6-11,14H,2,5,12-13H2,1H3. The average Bonchev–Trinajstić information content (AvgIpc) is 3.39. The summed E-state index contributed by atoms with van der Waals surface area (Å²) < 4.78 is 21.0. The Balaban J connectivity index is 1.51. The Kier molecular flexibility index (Phi) is 5.16. The van der Waals surface area contributed by atoms with Crippen molar-refractivity contribution >= 4 is 33.5 Å². The Bertz CT molecular complexity index is 1370. The highest BCUT2D eigenvalue weighted by atomic mass is 35.5. The Morgan fingerprint density at radius 3 is 2.65 bits per heavy atom. The fraction of sp³-hybridized carbons (Fsp3) is 0.208. The molecule has 3 heterocycles. The summed E-state index contributed by atoms with van der Waals surface area (Å²) in [6.07, 6.45) is 2.46. The van der Waals surface area contributed by atoms with Crippen LogP contribution >= 0.6 is 11.6 Å². The number of imidazole rings is 1. The van der Waals surface area contributed by atoms with E-state index in [1.165, 1.54) is 12.1 Å². The summed E-state index contributed by atoms with van der Waals surface area (Å²) in [6.45, 7) is 2.81. The summed E-state index contributed by atoms with van der Waals surface area (Å²) >= 11 is 6.48. The molecule has 7 heteroatoms. The zero-order valence-corrected chi connectivity index (χ0v) is 17.7. The monoisotopic (exact) mass is 434 g/mol. The number of nitrogens with zero attached hydrogens (tertiary/aromatic N) is 4. The summed E-state index contributed by atoms with van der Waals surface area (Å²) in [5.74, 6) is 1.46. The van der Waals surface area contributed by atoms with Crippen molar-refractivity contribution in [2.45, 2.75) is 32.7 Å². The van der Waals surface area contributed by atoms with Crippen molar-refractivity contribution in [2.75, 3.05) is 0 Å². The number of fused-ring (bicyclic) bond motifs is 3. The largest absolute Gasteiger partial charge is 0.361 e. The smallest absolute Gasteiger partial charge is 0.157 e. The topological polar surface area (TPSA) is 56.7 Å². The Morgan fingerprint density at radius 2 is 1.84 bits per heavy atom. The third-order valence-electron chi connectivity index (χ3n) is 5.37. The molecule has 0 aliphatic heterocycles. The Morgan fingerprint density at radius 1 is 1.03 bits per heavy atom. The summed E-state index contributed by atoms with van der Waals surface area (Å²) in [5, 5.41) is 5.60. The molecule has 0 aliphatic rings. The number of aromatic nitrogens is 4. The fourth-order valence-corrected chi connectivity index (χ4v) is 4.13. The van der Waals surface area contributed by atoms with E-state index in [9.17, 15) is 4.39 Å². The number of aryl methyl sites for hydroxylation is 3. The van der Waals surface area contributed by atoms with Gasteiger partial charge in [0.05, 0.1) is 11.0 Å². The first-order valence-electron chi connectivity index (χ1n) is 10.3. The predicted molar refractivity (Wildman–Crippen MR) is 120 cm³/mol. The van der Waals surface area contributed by atoms with Gasteiger partial charge in [0.25, 0.3) is 0 Å². The van der Waals surface area contributed by atoms with Gasteiger partial charge in [0.1, 0.15) is 28.6 Å². The molecule has 0 saturated carbocycles. The van der Waals surface area contributed by atoms with Crippen molar-refractivity contribution in [3.8, 4) is 11.3 Å². The third-order valence-corrected chi connectivity index (χ3v) is 5.64. The number of benzene rings is 2. The molecule has 0 N–H and O–H groups in total. The van der Waals surface area contributed by atoms with Crippen LogP contribution in [-0.2, 0) is 19.4 Å². The van der Waals surface area contributed by atoms with Gasteiger partial charge in [-0.2, -0.15) is 0 Å². The number of hydrogen-bond donors (Lipinski definition) is 0. The van der Waals surface area contributed by atoms with Crippen molar-refractivity contribution < 1.29 is 8.91 Å². The first kappa shape index (κ1) is 19.7. The van der Waals surface area contributed by atoms with Crippen molar-refractivity contribution in [2.24, 2.45) is 0 Å². The lowest BCUT2D eigenvalue weighted by atomic mass is 10.1. The third kappa shape index (κ3) is 3.68. The predicted octanol–water partition coefficient (Wildman–Crippen LogP) is 6.23. The van der Waals surface area contributed by atoms with Crippen LogP contribution in [-0.4, -0.2) is 19.7 Å². The molecule has 2 aromatic carbocycles. The van der Waals surface area contributed by atoms with Gasteiger partial charge >= 0.3 is 0 Å². The number of para-hydroxylation sites is 1. The van der Waals surface area contributed by atoms with Crippen LogP contribution in [0, 0.1) is 5.82 Å². The van der Waals surface area contributed by atoms with E-state index in [2.05, 4.69) is 27.7 Å². The van der Waals surface area contributed by atoms with Crippen LogP contribution in [0.1, 0.15) is 24.9 Å². The second-order valence-electron chi connectivity index (χ2n) is 7.48. The molecule has 5 aromatic rings. The minimum Gasteiger partial charge on any atom is -0.361 e. The van der Waals surface area contributed by atoms with E-state index in [0.717, 1.165) is 51.9 Å². The second-order valence-corrected chi connectivity index (χ2v) is 7.84. The van der Waals surface area contributed by atoms with Crippen LogP contribution < -0.4 is 0 Å². The first-order chi connectivity index (χ1) is 15.1. The van der Waals surface area contributed by atoms with E-state index in [1.807, 2.05) is 24.3 Å². The molecule has 0 atom stereocenters. The van der Waals surface area contributed by atoms with Crippen LogP contribution in [0.25, 0.3) is 33.2 Å². The van der Waals surface area contributed by atoms with Gasteiger partial charge < -0.3 is 9.09 Å². The highest BCUT2D eigenvalue weighted by Gasteiger charge is 2.18. The number of pyridine rings is 1. The molecule has 0 amide bonds. The number of halogens is 2. The lowest BCUT2D eigenvalue weighted by molar-refractivity contribution is 0.379. The quantitative estimate of drug-likeness (QED) is 0.297. The summed E-state index contributed by atoms with van der Waals surface area (Å²) in [5.41, 5.74) is 4.09. The normalized spacial score (nSPS) is 11.6. The molecule has 0 radical (unpaired) electrons. The molecule has 31 heavy (non-hydrogen) atoms. The van der Waals surface area contributed by atoms with E-state index in [1.54, 1.807) is 12.1 Å². The van der Waals surface area contributed by atoms with Crippen molar-refractivity contribution in [3.63, 3.8) is 0 Å². The summed E-state index contributed by atoms with van der Waals surface area (Å²) in [4.78, 5) is 9.33. The average molecular weight is 435 g/mol. The molecule has 0 fully saturated rings. The lowest BCUT2D eigenvalue weighted by Gasteiger charge is -2.09. The Hall–Kier alpha value is -3.25. The number of rotatable bonds is 6. The highest BCUT2D eigenvalue weighted by molar-refractivity contribution is 6.35. The summed E-state index contributed by atoms with van der Waals surface area (Å²) in [6, 6.07) is 16.1. The maximum absolute atomic E-state index is 13.2. The van der Waals surface area contributed by atoms with Gasteiger partial charge in [-0.15, -0.1) is 0 Å². The van der Waals surface area contributed by atoms with Crippen LogP contribution in [0.3, 0.4) is 0 Å². The lowest BCUT2D eigenvalue weighted by Crippen LogP contribution is -2.06. The van der Waals surface area contributed by atoms with Gasteiger partial charge in [-0.1, -0.05) is 41.9 Å². The van der Waals surface area contributed by atoms with Crippen LogP contribution in [0.5, 0.6) is 0 Å². The van der Waals surface area contributed by atoms with Crippen LogP contribution in [0.4, 0.5) is 4.39 Å². The van der Waals surface area contributed by atoms with Gasteiger partial charge in [-0.3, -0.25) is 0 Å². The van der Waals surface area contributed by atoms with Crippen molar-refractivity contribution in [3.05, 3.63) is 77.2 Å². The summed E-state index contributed by atoms with van der Waals surface area (Å²) in [7, 11) is 0. The van der Waals surface area contributed by atoms with Gasteiger partial charge in [-0.25, -0.2) is 14.4 Å². The maximum atomic E-state index is 13.2. The maximum Gasteiger partial charge on any atom is 0.157 e. The SMILES string of the molecule is CCCc1nc2c(Cl)nc3ccccc3c2n1CCc1cc(-c2ccc(F)cc2)no1. The zero-order chi connectivity index (χ0) is 21.4. The molecule has 0 saturated heterocycles.